The van der Waals surface area contributed by atoms with Gasteiger partial charge in [-0.2, -0.15) is 48.3 Å². The Kier molecular flexibility index (Phi) is 6.12. The van der Waals surface area contributed by atoms with Crippen molar-refractivity contribution in [2.45, 2.75) is 44.2 Å². The first-order valence-corrected chi connectivity index (χ1v) is 5.53. The molecule has 0 aliphatic rings. The molecule has 0 saturated heterocycles. The molecule has 0 aromatic carbocycles. The summed E-state index contributed by atoms with van der Waals surface area (Å²) in [6.07, 6.45) is -19.9. The summed E-state index contributed by atoms with van der Waals surface area (Å²) in [5, 5.41) is 0. The summed E-state index contributed by atoms with van der Waals surface area (Å²) in [7, 11) is 0. The average Bonchev–Trinajstić information content (AvgIpc) is 2.22. The van der Waals surface area contributed by atoms with Gasteiger partial charge in [0.2, 0.25) is 0 Å². The Labute approximate surface area is 116 Å². The van der Waals surface area contributed by atoms with Crippen LogP contribution in [-0.4, -0.2) is 31.1 Å². The molecule has 0 bridgehead atoms. The van der Waals surface area contributed by atoms with Crippen LogP contribution in [0.5, 0.6) is 0 Å². The van der Waals surface area contributed by atoms with E-state index in [1.54, 1.807) is 0 Å². The van der Waals surface area contributed by atoms with Gasteiger partial charge in [-0.25, -0.2) is 0 Å². The van der Waals surface area contributed by atoms with Crippen LogP contribution in [-0.2, 0) is 4.74 Å². The minimum atomic E-state index is -6.68. The van der Waals surface area contributed by atoms with E-state index in [0.717, 1.165) is 0 Å². The number of hydrogen-bond donors (Lipinski definition) is 0. The predicted molar refractivity (Wildman–Crippen MR) is 51.0 cm³/mol. The number of ether oxygens (including phenoxy) is 1. The molecule has 0 saturated carbocycles. The Morgan fingerprint density at radius 2 is 1.18 bits per heavy atom. The van der Waals surface area contributed by atoms with E-state index in [-0.39, 0.29) is 12.8 Å². The second-order valence-electron chi connectivity index (χ2n) is 3.97. The van der Waals surface area contributed by atoms with Crippen molar-refractivity contribution < 1.29 is 53.0 Å². The number of hydrogen-bond acceptors (Lipinski definition) is 1. The van der Waals surface area contributed by atoms with Gasteiger partial charge in [-0.05, 0) is 6.42 Å². The van der Waals surface area contributed by atoms with E-state index in [1.807, 2.05) is 0 Å². The summed E-state index contributed by atoms with van der Waals surface area (Å²) < 4.78 is 140. The second-order valence-corrected chi connectivity index (χ2v) is 3.97. The normalized spacial score (nSPS) is 14.0. The molecule has 132 valence electrons. The largest absolute Gasteiger partial charge is 0.491 e. The Bertz CT molecular complexity index is 383. The van der Waals surface area contributed by atoms with Gasteiger partial charge >= 0.3 is 24.5 Å². The van der Waals surface area contributed by atoms with E-state index >= 15 is 0 Å². The van der Waals surface area contributed by atoms with Gasteiger partial charge < -0.3 is 4.74 Å². The molecule has 1 nitrogen and oxygen atoms in total. The van der Waals surface area contributed by atoms with Crippen molar-refractivity contribution in [1.29, 1.82) is 0 Å². The molecule has 0 aliphatic heterocycles. The summed E-state index contributed by atoms with van der Waals surface area (Å²) in [5.41, 5.74) is -4.02. The highest BCUT2D eigenvalue weighted by Crippen LogP contribution is 2.49. The molecular weight excluding hydrogens is 345 g/mol. The topological polar surface area (TPSA) is 9.23 Å². The summed E-state index contributed by atoms with van der Waals surface area (Å²) in [4.78, 5) is 0. The fraction of sp³-hybridized carbons (Fsp3) is 0.800. The second kappa shape index (κ2) is 6.49. The van der Waals surface area contributed by atoms with Crippen molar-refractivity contribution in [3.05, 3.63) is 11.3 Å². The zero-order valence-electron chi connectivity index (χ0n) is 10.7. The van der Waals surface area contributed by atoms with Gasteiger partial charge in [0, 0.05) is 0 Å². The SMILES string of the molecule is CCCCOC(=C(C(F)(F)F)C(F)(F)F)C(F)(F)C(F)(F)F. The van der Waals surface area contributed by atoms with Crippen LogP contribution in [0.25, 0.3) is 0 Å². The smallest absolute Gasteiger partial charge is 0.461 e. The van der Waals surface area contributed by atoms with Crippen molar-refractivity contribution in [1.82, 2.24) is 0 Å². The van der Waals surface area contributed by atoms with Gasteiger partial charge in [0.1, 0.15) is 0 Å². The summed E-state index contributed by atoms with van der Waals surface area (Å²) >= 11 is 0. The maximum absolute atomic E-state index is 13.0. The fourth-order valence-electron chi connectivity index (χ4n) is 1.19. The van der Waals surface area contributed by atoms with E-state index < -0.39 is 42.4 Å². The van der Waals surface area contributed by atoms with E-state index in [9.17, 15) is 48.3 Å². The molecule has 0 radical (unpaired) electrons. The van der Waals surface area contributed by atoms with Crippen LogP contribution in [0, 0.1) is 0 Å². The third-order valence-corrected chi connectivity index (χ3v) is 2.18. The molecular formula is C10H9F11O. The van der Waals surface area contributed by atoms with Gasteiger partial charge in [0.05, 0.1) is 6.61 Å². The first-order chi connectivity index (χ1) is 9.56. The first kappa shape index (κ1) is 20.8. The van der Waals surface area contributed by atoms with Crippen LogP contribution < -0.4 is 0 Å². The number of halogens is 11. The minimum Gasteiger partial charge on any atom is -0.491 e. The van der Waals surface area contributed by atoms with Crippen molar-refractivity contribution in [2.75, 3.05) is 6.61 Å². The minimum absolute atomic E-state index is 0.0816. The Balaban J connectivity index is 6.28. The molecule has 0 aromatic rings. The lowest BCUT2D eigenvalue weighted by Gasteiger charge is -2.27. The highest BCUT2D eigenvalue weighted by Gasteiger charge is 2.67. The first-order valence-electron chi connectivity index (χ1n) is 5.53. The molecule has 0 amide bonds. The van der Waals surface area contributed by atoms with Gasteiger partial charge in [-0.3, -0.25) is 0 Å². The molecule has 12 heteroatoms. The maximum atomic E-state index is 13.0. The lowest BCUT2D eigenvalue weighted by molar-refractivity contribution is -0.282. The van der Waals surface area contributed by atoms with E-state index in [1.165, 1.54) is 6.92 Å². The van der Waals surface area contributed by atoms with E-state index in [4.69, 9.17) is 0 Å². The number of unbranched alkanes of at least 4 members (excludes halogenated alkanes) is 1. The van der Waals surface area contributed by atoms with Gasteiger partial charge in [-0.15, -0.1) is 0 Å². The lowest BCUT2D eigenvalue weighted by atomic mass is 10.1. The number of alkyl halides is 11. The molecule has 0 heterocycles. The zero-order chi connectivity index (χ0) is 18.0. The summed E-state index contributed by atoms with van der Waals surface area (Å²) in [6, 6.07) is 0. The molecule has 0 unspecified atom stereocenters. The van der Waals surface area contributed by atoms with Gasteiger partial charge in [0.25, 0.3) is 0 Å². The Hall–Kier alpha value is -1.23. The van der Waals surface area contributed by atoms with E-state index in [2.05, 4.69) is 4.74 Å². The number of rotatable bonds is 5. The molecule has 22 heavy (non-hydrogen) atoms. The predicted octanol–water partition coefficient (Wildman–Crippen LogP) is 5.38. The highest BCUT2D eigenvalue weighted by molar-refractivity contribution is 5.26. The zero-order valence-corrected chi connectivity index (χ0v) is 10.7. The van der Waals surface area contributed by atoms with Crippen LogP contribution >= 0.6 is 0 Å². The van der Waals surface area contributed by atoms with Crippen LogP contribution in [0.4, 0.5) is 48.3 Å². The van der Waals surface area contributed by atoms with Crippen LogP contribution in [0.2, 0.25) is 0 Å². The molecule has 0 aliphatic carbocycles. The monoisotopic (exact) mass is 354 g/mol. The molecule has 0 rings (SSSR count). The molecule has 0 atom stereocenters. The summed E-state index contributed by atoms with van der Waals surface area (Å²) in [6.45, 7) is 0.205. The van der Waals surface area contributed by atoms with Crippen molar-refractivity contribution >= 4 is 0 Å². The molecule has 0 N–H and O–H groups in total. The third kappa shape index (κ3) is 4.90. The fourth-order valence-corrected chi connectivity index (χ4v) is 1.19. The quantitative estimate of drug-likeness (QED) is 0.366. The van der Waals surface area contributed by atoms with Crippen molar-refractivity contribution in [2.24, 2.45) is 0 Å². The summed E-state index contributed by atoms with van der Waals surface area (Å²) in [5.74, 6) is -9.94. The number of allylic oxidation sites excluding steroid dienone is 2. The average molecular weight is 354 g/mol. The maximum Gasteiger partial charge on any atom is 0.461 e. The molecule has 0 aromatic heterocycles. The van der Waals surface area contributed by atoms with Crippen LogP contribution in [0.1, 0.15) is 19.8 Å². The van der Waals surface area contributed by atoms with Gasteiger partial charge in [0.15, 0.2) is 11.3 Å². The Morgan fingerprint density at radius 3 is 1.45 bits per heavy atom. The molecule has 0 fully saturated rings. The lowest BCUT2D eigenvalue weighted by Crippen LogP contribution is -2.43. The van der Waals surface area contributed by atoms with Crippen molar-refractivity contribution in [3.63, 3.8) is 0 Å². The standard InChI is InChI=1S/C10H9F11O/c1-2-3-4-22-6(7(11,12)10(19,20)21)5(8(13,14)15)9(16,17)18/h2-4H2,1H3. The highest BCUT2D eigenvalue weighted by atomic mass is 19.4. The van der Waals surface area contributed by atoms with Gasteiger partial charge in [-0.1, -0.05) is 13.3 Å². The van der Waals surface area contributed by atoms with Crippen LogP contribution in [0.3, 0.4) is 0 Å². The molecule has 0 spiro atoms. The van der Waals surface area contributed by atoms with E-state index in [0.29, 0.717) is 0 Å². The van der Waals surface area contributed by atoms with Crippen LogP contribution in [0.15, 0.2) is 11.3 Å². The third-order valence-electron chi connectivity index (χ3n) is 2.18. The van der Waals surface area contributed by atoms with Crippen molar-refractivity contribution in [3.8, 4) is 0 Å². The Morgan fingerprint density at radius 1 is 0.773 bits per heavy atom.